The van der Waals surface area contributed by atoms with Gasteiger partial charge in [-0.05, 0) is 32.4 Å². The number of hydrogen-bond donors (Lipinski definition) is 1. The summed E-state index contributed by atoms with van der Waals surface area (Å²) in [5, 5.41) is 9.11. The minimum absolute atomic E-state index is 0.277. The third-order valence-corrected chi connectivity index (χ3v) is 2.40. The van der Waals surface area contributed by atoms with E-state index in [1.165, 1.54) is 0 Å². The Hall–Kier alpha value is -1.71. The van der Waals surface area contributed by atoms with Crippen molar-refractivity contribution in [1.82, 2.24) is 0 Å². The normalized spacial score (nSPS) is 10.1. The van der Waals surface area contributed by atoms with Crippen molar-refractivity contribution in [2.75, 3.05) is 13.2 Å². The number of ether oxygens (including phenoxy) is 2. The van der Waals surface area contributed by atoms with E-state index < -0.39 is 5.97 Å². The van der Waals surface area contributed by atoms with E-state index in [4.69, 9.17) is 14.6 Å². The molecular weight excluding hydrogens is 220 g/mol. The molecule has 1 aromatic rings. The summed E-state index contributed by atoms with van der Waals surface area (Å²) < 4.78 is 11.0. The molecule has 0 radical (unpaired) electrons. The van der Waals surface area contributed by atoms with Crippen LogP contribution < -0.4 is 9.47 Å². The molecule has 0 atom stereocenters. The van der Waals surface area contributed by atoms with Gasteiger partial charge < -0.3 is 14.6 Å². The van der Waals surface area contributed by atoms with Crippen molar-refractivity contribution in [2.24, 2.45) is 0 Å². The summed E-state index contributed by atoms with van der Waals surface area (Å²) in [7, 11) is 0. The summed E-state index contributed by atoms with van der Waals surface area (Å²) in [5.41, 5.74) is 0.963. The summed E-state index contributed by atoms with van der Waals surface area (Å²) >= 11 is 0. The van der Waals surface area contributed by atoms with E-state index in [-0.39, 0.29) is 5.56 Å². The number of aromatic carboxylic acids is 1. The van der Waals surface area contributed by atoms with Gasteiger partial charge in [0, 0.05) is 5.56 Å². The molecule has 17 heavy (non-hydrogen) atoms. The third kappa shape index (κ3) is 2.90. The number of hydrogen-bond acceptors (Lipinski definition) is 3. The summed E-state index contributed by atoms with van der Waals surface area (Å²) in [6.45, 7) is 6.65. The highest BCUT2D eigenvalue weighted by atomic mass is 16.5. The first-order chi connectivity index (χ1) is 8.15. The standard InChI is InChI=1S/C13H18O4/c1-4-9-10(13(14)15)7-8-11(16-5-2)12(9)17-6-3/h7-8H,4-6H2,1-3H3,(H,14,15). The second-order valence-electron chi connectivity index (χ2n) is 3.44. The Morgan fingerprint density at radius 1 is 1.18 bits per heavy atom. The lowest BCUT2D eigenvalue weighted by atomic mass is 10.0. The molecular formula is C13H18O4. The van der Waals surface area contributed by atoms with Crippen molar-refractivity contribution in [1.29, 1.82) is 0 Å². The minimum Gasteiger partial charge on any atom is -0.490 e. The topological polar surface area (TPSA) is 55.8 Å². The van der Waals surface area contributed by atoms with Crippen molar-refractivity contribution in [3.8, 4) is 11.5 Å². The predicted molar refractivity (Wildman–Crippen MR) is 65.1 cm³/mol. The van der Waals surface area contributed by atoms with Crippen molar-refractivity contribution >= 4 is 5.97 Å². The van der Waals surface area contributed by atoms with Crippen molar-refractivity contribution in [3.63, 3.8) is 0 Å². The molecule has 0 spiro atoms. The first-order valence-corrected chi connectivity index (χ1v) is 5.80. The molecule has 0 heterocycles. The van der Waals surface area contributed by atoms with E-state index in [2.05, 4.69) is 0 Å². The van der Waals surface area contributed by atoms with Crippen molar-refractivity contribution in [2.45, 2.75) is 27.2 Å². The molecule has 0 aromatic heterocycles. The molecule has 0 unspecified atom stereocenters. The average Bonchev–Trinajstić information content (AvgIpc) is 2.31. The Balaban J connectivity index is 3.32. The fraction of sp³-hybridized carbons (Fsp3) is 0.462. The highest BCUT2D eigenvalue weighted by molar-refractivity contribution is 5.90. The van der Waals surface area contributed by atoms with Crippen LogP contribution in [0.1, 0.15) is 36.7 Å². The van der Waals surface area contributed by atoms with Gasteiger partial charge in [-0.15, -0.1) is 0 Å². The van der Waals surface area contributed by atoms with Crippen LogP contribution in [0.3, 0.4) is 0 Å². The van der Waals surface area contributed by atoms with Crippen LogP contribution in [0.5, 0.6) is 11.5 Å². The molecule has 0 fully saturated rings. The summed E-state index contributed by atoms with van der Waals surface area (Å²) in [6.07, 6.45) is 0.595. The van der Waals surface area contributed by atoms with Gasteiger partial charge in [0.25, 0.3) is 0 Å². The Morgan fingerprint density at radius 3 is 2.29 bits per heavy atom. The fourth-order valence-corrected chi connectivity index (χ4v) is 1.73. The zero-order valence-electron chi connectivity index (χ0n) is 10.4. The Kier molecular flexibility index (Phi) is 4.82. The van der Waals surface area contributed by atoms with Gasteiger partial charge in [-0.1, -0.05) is 6.92 Å². The van der Waals surface area contributed by atoms with E-state index in [1.54, 1.807) is 12.1 Å². The maximum atomic E-state index is 11.1. The van der Waals surface area contributed by atoms with Gasteiger partial charge in [0.2, 0.25) is 0 Å². The lowest BCUT2D eigenvalue weighted by molar-refractivity contribution is 0.0695. The van der Waals surface area contributed by atoms with Crippen LogP contribution >= 0.6 is 0 Å². The van der Waals surface area contributed by atoms with Crippen LogP contribution in [0.25, 0.3) is 0 Å². The van der Waals surface area contributed by atoms with E-state index >= 15 is 0 Å². The van der Waals surface area contributed by atoms with Crippen LogP contribution in [0, 0.1) is 0 Å². The summed E-state index contributed by atoms with van der Waals surface area (Å²) in [4.78, 5) is 11.1. The Bertz CT molecular complexity index is 399. The second kappa shape index (κ2) is 6.13. The van der Waals surface area contributed by atoms with E-state index in [0.717, 1.165) is 0 Å². The van der Waals surface area contributed by atoms with Crippen LogP contribution in [0.2, 0.25) is 0 Å². The van der Waals surface area contributed by atoms with Gasteiger partial charge in [-0.2, -0.15) is 0 Å². The van der Waals surface area contributed by atoms with Crippen molar-refractivity contribution < 1.29 is 19.4 Å². The maximum absolute atomic E-state index is 11.1. The van der Waals surface area contributed by atoms with Gasteiger partial charge in [-0.3, -0.25) is 0 Å². The fourth-order valence-electron chi connectivity index (χ4n) is 1.73. The van der Waals surface area contributed by atoms with Gasteiger partial charge in [-0.25, -0.2) is 4.79 Å². The quantitative estimate of drug-likeness (QED) is 0.828. The largest absolute Gasteiger partial charge is 0.490 e. The van der Waals surface area contributed by atoms with Gasteiger partial charge in [0.05, 0.1) is 18.8 Å². The molecule has 0 saturated heterocycles. The molecule has 4 heteroatoms. The highest BCUT2D eigenvalue weighted by Crippen LogP contribution is 2.34. The van der Waals surface area contributed by atoms with Crippen LogP contribution in [0.4, 0.5) is 0 Å². The third-order valence-electron chi connectivity index (χ3n) is 2.40. The zero-order valence-corrected chi connectivity index (χ0v) is 10.4. The molecule has 0 bridgehead atoms. The molecule has 0 amide bonds. The molecule has 0 aliphatic carbocycles. The number of benzene rings is 1. The molecule has 4 nitrogen and oxygen atoms in total. The lowest BCUT2D eigenvalue weighted by Crippen LogP contribution is -2.07. The molecule has 0 saturated carbocycles. The molecule has 94 valence electrons. The Labute approximate surface area is 101 Å². The van der Waals surface area contributed by atoms with E-state index in [0.29, 0.717) is 36.7 Å². The molecule has 0 aliphatic heterocycles. The first kappa shape index (κ1) is 13.4. The van der Waals surface area contributed by atoms with Gasteiger partial charge in [0.1, 0.15) is 0 Å². The second-order valence-corrected chi connectivity index (χ2v) is 3.44. The molecule has 1 N–H and O–H groups in total. The van der Waals surface area contributed by atoms with Crippen LogP contribution in [-0.4, -0.2) is 24.3 Å². The number of carbonyl (C=O) groups is 1. The molecule has 1 aromatic carbocycles. The zero-order chi connectivity index (χ0) is 12.8. The number of rotatable bonds is 6. The van der Waals surface area contributed by atoms with Crippen molar-refractivity contribution in [3.05, 3.63) is 23.3 Å². The minimum atomic E-state index is -0.939. The Morgan fingerprint density at radius 2 is 1.82 bits per heavy atom. The van der Waals surface area contributed by atoms with Crippen LogP contribution in [-0.2, 0) is 6.42 Å². The lowest BCUT2D eigenvalue weighted by Gasteiger charge is -2.16. The summed E-state index contributed by atoms with van der Waals surface area (Å²) in [6, 6.07) is 3.21. The number of carboxylic acid groups (broad SMARTS) is 1. The SMILES string of the molecule is CCOc1ccc(C(=O)O)c(CC)c1OCC. The predicted octanol–water partition coefficient (Wildman–Crippen LogP) is 2.74. The average molecular weight is 238 g/mol. The summed E-state index contributed by atoms with van der Waals surface area (Å²) in [5.74, 6) is 0.221. The monoisotopic (exact) mass is 238 g/mol. The van der Waals surface area contributed by atoms with E-state index in [1.807, 2.05) is 20.8 Å². The van der Waals surface area contributed by atoms with Gasteiger partial charge >= 0.3 is 5.97 Å². The molecule has 0 aliphatic rings. The smallest absolute Gasteiger partial charge is 0.336 e. The maximum Gasteiger partial charge on any atom is 0.336 e. The number of carboxylic acids is 1. The molecule has 1 rings (SSSR count). The van der Waals surface area contributed by atoms with Crippen LogP contribution in [0.15, 0.2) is 12.1 Å². The highest BCUT2D eigenvalue weighted by Gasteiger charge is 2.18. The van der Waals surface area contributed by atoms with Gasteiger partial charge in [0.15, 0.2) is 11.5 Å². The first-order valence-electron chi connectivity index (χ1n) is 5.80. The van der Waals surface area contributed by atoms with E-state index in [9.17, 15) is 4.79 Å².